The van der Waals surface area contributed by atoms with Crippen molar-refractivity contribution in [3.63, 3.8) is 0 Å². The first-order valence-corrected chi connectivity index (χ1v) is 8.10. The third-order valence-corrected chi connectivity index (χ3v) is 4.51. The fourth-order valence-electron chi connectivity index (χ4n) is 2.89. The Morgan fingerprint density at radius 1 is 1.24 bits per heavy atom. The lowest BCUT2D eigenvalue weighted by molar-refractivity contribution is 0.153. The quantitative estimate of drug-likeness (QED) is 0.696. The van der Waals surface area contributed by atoms with Crippen LogP contribution in [0.25, 0.3) is 22.3 Å². The number of benzene rings is 1. The number of alkyl halides is 2. The van der Waals surface area contributed by atoms with Crippen molar-refractivity contribution in [2.75, 3.05) is 0 Å². The van der Waals surface area contributed by atoms with E-state index in [4.69, 9.17) is 12.2 Å². The molecule has 8 heteroatoms. The highest BCUT2D eigenvalue weighted by atomic mass is 32.1. The SMILES string of the molecule is O=c1[nH]c(=S)n(C2CC2)c2nc(-c3ccc(F)cc3)cc(C(F)F)c12. The predicted octanol–water partition coefficient (Wildman–Crippen LogP) is 4.53. The van der Waals surface area contributed by atoms with Gasteiger partial charge in [0.1, 0.15) is 11.5 Å². The normalized spacial score (nSPS) is 14.4. The number of fused-ring (bicyclic) bond motifs is 1. The van der Waals surface area contributed by atoms with Crippen LogP contribution in [0.2, 0.25) is 0 Å². The van der Waals surface area contributed by atoms with Crippen molar-refractivity contribution in [2.24, 2.45) is 0 Å². The number of rotatable bonds is 3. The number of hydrogen-bond acceptors (Lipinski definition) is 3. The molecule has 2 aromatic heterocycles. The molecule has 0 unspecified atom stereocenters. The van der Waals surface area contributed by atoms with Crippen LogP contribution in [0.3, 0.4) is 0 Å². The fraction of sp³-hybridized carbons (Fsp3) is 0.235. The number of H-pyrrole nitrogens is 1. The van der Waals surface area contributed by atoms with Gasteiger partial charge in [0.05, 0.1) is 11.1 Å². The molecule has 0 spiro atoms. The Bertz CT molecular complexity index is 1090. The second-order valence-corrected chi connectivity index (χ2v) is 6.35. The number of pyridine rings is 1. The van der Waals surface area contributed by atoms with E-state index in [1.54, 1.807) is 4.57 Å². The smallest absolute Gasteiger partial charge is 0.264 e. The monoisotopic (exact) mass is 363 g/mol. The van der Waals surface area contributed by atoms with Crippen molar-refractivity contribution in [1.29, 1.82) is 0 Å². The van der Waals surface area contributed by atoms with Gasteiger partial charge in [-0.3, -0.25) is 14.3 Å². The highest BCUT2D eigenvalue weighted by Crippen LogP contribution is 2.38. The van der Waals surface area contributed by atoms with Crippen molar-refractivity contribution >= 4 is 23.3 Å². The van der Waals surface area contributed by atoms with Crippen molar-refractivity contribution in [1.82, 2.24) is 14.5 Å². The minimum atomic E-state index is -2.85. The molecule has 1 N–H and O–H groups in total. The predicted molar refractivity (Wildman–Crippen MR) is 89.8 cm³/mol. The largest absolute Gasteiger partial charge is 0.299 e. The topological polar surface area (TPSA) is 50.7 Å². The molecule has 1 fully saturated rings. The number of halogens is 3. The fourth-order valence-corrected chi connectivity index (χ4v) is 3.21. The minimum absolute atomic E-state index is 0.0494. The standard InChI is InChI=1S/C17H12F3N3OS/c18-9-3-1-8(2-4-9)12-7-11(14(19)20)13-15(21-12)23(10-5-6-10)17(25)22-16(13)24/h1-4,7,10,14H,5-6H2,(H,22,24,25). The minimum Gasteiger partial charge on any atom is -0.299 e. The first kappa shape index (κ1) is 16.0. The molecule has 0 aliphatic heterocycles. The molecule has 0 atom stereocenters. The lowest BCUT2D eigenvalue weighted by atomic mass is 10.1. The van der Waals surface area contributed by atoms with E-state index >= 15 is 0 Å². The Balaban J connectivity index is 2.10. The average Bonchev–Trinajstić information content (AvgIpc) is 3.39. The maximum absolute atomic E-state index is 13.6. The van der Waals surface area contributed by atoms with E-state index in [2.05, 4.69) is 9.97 Å². The molecule has 0 bridgehead atoms. The molecule has 1 saturated carbocycles. The van der Waals surface area contributed by atoms with Gasteiger partial charge >= 0.3 is 0 Å². The maximum atomic E-state index is 13.6. The summed E-state index contributed by atoms with van der Waals surface area (Å²) in [6.07, 6.45) is -1.15. The van der Waals surface area contributed by atoms with Crippen LogP contribution in [0.5, 0.6) is 0 Å². The van der Waals surface area contributed by atoms with E-state index in [9.17, 15) is 18.0 Å². The second kappa shape index (κ2) is 5.80. The number of nitrogens with one attached hydrogen (secondary N) is 1. The Labute approximate surface area is 145 Å². The highest BCUT2D eigenvalue weighted by molar-refractivity contribution is 7.71. The van der Waals surface area contributed by atoms with Gasteiger partial charge in [0, 0.05) is 17.2 Å². The maximum Gasteiger partial charge on any atom is 0.264 e. The highest BCUT2D eigenvalue weighted by Gasteiger charge is 2.28. The summed E-state index contributed by atoms with van der Waals surface area (Å²) in [5, 5.41) is -0.152. The summed E-state index contributed by atoms with van der Waals surface area (Å²) in [5.74, 6) is -0.434. The zero-order chi connectivity index (χ0) is 17.7. The van der Waals surface area contributed by atoms with Gasteiger partial charge in [-0.1, -0.05) is 0 Å². The summed E-state index contributed by atoms with van der Waals surface area (Å²) < 4.78 is 42.2. The third-order valence-electron chi connectivity index (χ3n) is 4.21. The van der Waals surface area contributed by atoms with Crippen LogP contribution in [-0.2, 0) is 0 Å². The van der Waals surface area contributed by atoms with Gasteiger partial charge < -0.3 is 0 Å². The van der Waals surface area contributed by atoms with Crippen molar-refractivity contribution < 1.29 is 13.2 Å². The van der Waals surface area contributed by atoms with E-state index in [1.165, 1.54) is 30.3 Å². The van der Waals surface area contributed by atoms with Crippen LogP contribution in [-0.4, -0.2) is 14.5 Å². The van der Waals surface area contributed by atoms with E-state index in [-0.39, 0.29) is 27.5 Å². The number of hydrogen-bond donors (Lipinski definition) is 1. The van der Waals surface area contributed by atoms with Gasteiger partial charge in [-0.25, -0.2) is 18.2 Å². The Kier molecular flexibility index (Phi) is 3.72. The van der Waals surface area contributed by atoms with E-state index in [0.717, 1.165) is 12.8 Å². The van der Waals surface area contributed by atoms with E-state index in [1.807, 2.05) is 0 Å². The van der Waals surface area contributed by atoms with Crippen LogP contribution < -0.4 is 5.56 Å². The zero-order valence-corrected chi connectivity index (χ0v) is 13.6. The summed E-state index contributed by atoms with van der Waals surface area (Å²) in [6.45, 7) is 0. The lowest BCUT2D eigenvalue weighted by Crippen LogP contribution is -2.17. The molecule has 1 aliphatic carbocycles. The molecule has 4 nitrogen and oxygen atoms in total. The molecule has 0 saturated heterocycles. The first-order chi connectivity index (χ1) is 12.0. The van der Waals surface area contributed by atoms with Crippen LogP contribution in [0.1, 0.15) is 30.9 Å². The molecule has 3 aromatic rings. The van der Waals surface area contributed by atoms with Crippen LogP contribution in [0, 0.1) is 10.6 Å². The molecule has 1 aliphatic rings. The first-order valence-electron chi connectivity index (χ1n) is 7.69. The van der Waals surface area contributed by atoms with Gasteiger partial charge in [0.15, 0.2) is 4.77 Å². The molecule has 4 rings (SSSR count). The van der Waals surface area contributed by atoms with Crippen molar-refractivity contribution in [3.05, 3.63) is 56.8 Å². The summed E-state index contributed by atoms with van der Waals surface area (Å²) in [4.78, 5) is 19.1. The van der Waals surface area contributed by atoms with Crippen LogP contribution in [0.15, 0.2) is 35.1 Å². The Morgan fingerprint density at radius 2 is 1.92 bits per heavy atom. The zero-order valence-electron chi connectivity index (χ0n) is 12.8. The van der Waals surface area contributed by atoms with Crippen LogP contribution >= 0.6 is 12.2 Å². The van der Waals surface area contributed by atoms with Crippen LogP contribution in [0.4, 0.5) is 13.2 Å². The van der Waals surface area contributed by atoms with Gasteiger partial charge in [-0.15, -0.1) is 0 Å². The molecule has 128 valence electrons. The molecule has 0 radical (unpaired) electrons. The Morgan fingerprint density at radius 3 is 2.52 bits per heavy atom. The molecule has 2 heterocycles. The number of aromatic amines is 1. The van der Waals surface area contributed by atoms with Crippen molar-refractivity contribution in [2.45, 2.75) is 25.3 Å². The molecular formula is C17H12F3N3OS. The molecule has 1 aromatic carbocycles. The van der Waals surface area contributed by atoms with Crippen molar-refractivity contribution in [3.8, 4) is 11.3 Å². The van der Waals surface area contributed by atoms with Gasteiger partial charge in [0.25, 0.3) is 12.0 Å². The summed E-state index contributed by atoms with van der Waals surface area (Å²) in [5.41, 5.74) is -0.204. The summed E-state index contributed by atoms with van der Waals surface area (Å²) in [6, 6.07) is 6.61. The molecule has 0 amide bonds. The Hall–Kier alpha value is -2.48. The van der Waals surface area contributed by atoms with Gasteiger partial charge in [-0.05, 0) is 55.4 Å². The van der Waals surface area contributed by atoms with E-state index < -0.39 is 23.4 Å². The van der Waals surface area contributed by atoms with E-state index in [0.29, 0.717) is 5.56 Å². The summed E-state index contributed by atoms with van der Waals surface area (Å²) >= 11 is 5.20. The van der Waals surface area contributed by atoms with Gasteiger partial charge in [-0.2, -0.15) is 0 Å². The second-order valence-electron chi connectivity index (χ2n) is 5.96. The number of nitrogens with zero attached hydrogens (tertiary/aromatic N) is 2. The lowest BCUT2D eigenvalue weighted by Gasteiger charge is -2.14. The third kappa shape index (κ3) is 2.76. The summed E-state index contributed by atoms with van der Waals surface area (Å²) in [7, 11) is 0. The molecule has 25 heavy (non-hydrogen) atoms. The van der Waals surface area contributed by atoms with Gasteiger partial charge in [0.2, 0.25) is 0 Å². The molecular weight excluding hydrogens is 351 g/mol. The average molecular weight is 363 g/mol. The number of aromatic nitrogens is 3.